The standard InChI is InChI=1S/C10H8O.C5H5.5CH3.2ClH.Ti/c11-10-7-3-5-8-4-1-2-6-9(8)10;1-2-4-5-3-1;;;;;;;;/h1-7,11H;1-3H,4H2;5*1H3;2*1H;/q;;;;;;;;;+1/p-1. The maximum atomic E-state index is 7.03. The first-order valence-electron chi connectivity index (χ1n) is 8.20. The molecular formula is C20H29Cl2OTi. The molecule has 0 unspecified atom stereocenters. The van der Waals surface area contributed by atoms with Gasteiger partial charge in [-0.1, -0.05) is 0 Å². The number of allylic oxidation sites excluding steroid dienone is 4. The van der Waals surface area contributed by atoms with Crippen LogP contribution in [0.5, 0.6) is 5.75 Å². The molecule has 0 bridgehead atoms. The van der Waals surface area contributed by atoms with Crippen molar-refractivity contribution in [1.82, 2.24) is 0 Å². The van der Waals surface area contributed by atoms with Gasteiger partial charge in [-0.25, -0.2) is 0 Å². The van der Waals surface area contributed by atoms with Crippen molar-refractivity contribution < 1.29 is 16.4 Å². The Morgan fingerprint density at radius 2 is 1.46 bits per heavy atom. The van der Waals surface area contributed by atoms with E-state index in [4.69, 9.17) is 3.32 Å². The second kappa shape index (κ2) is 5.14. The minimum atomic E-state index is -4.26. The molecule has 0 saturated carbocycles. The quantitative estimate of drug-likeness (QED) is 0.474. The molecule has 3 rings (SSSR count). The van der Waals surface area contributed by atoms with Gasteiger partial charge >= 0.3 is 130 Å². The molecule has 0 aliphatic heterocycles. The molecule has 1 aliphatic carbocycles. The Labute approximate surface area is 154 Å². The minimum absolute atomic E-state index is 0. The number of fused-ring (bicyclic) bond motifs is 1. The number of hydrogen-bond donors (Lipinski definition) is 0. The SMILES string of the molecule is Cl.Cl.[CH3][Ti]([CH3])([CH3])([CH3])([CH3])([O]c1cccc2ccccc12)[C]1=CC=CC1. The van der Waals surface area contributed by atoms with Crippen molar-refractivity contribution in [1.29, 1.82) is 0 Å². The Morgan fingerprint density at radius 3 is 2.08 bits per heavy atom. The molecule has 0 N–H and O–H groups in total. The first kappa shape index (κ1) is 21.3. The van der Waals surface area contributed by atoms with E-state index in [2.05, 4.69) is 86.8 Å². The topological polar surface area (TPSA) is 9.23 Å². The van der Waals surface area contributed by atoms with Crippen molar-refractivity contribution in [2.75, 3.05) is 0 Å². The van der Waals surface area contributed by atoms with E-state index < -0.39 is 13.1 Å². The molecule has 1 nitrogen and oxygen atoms in total. The molecule has 1 aliphatic rings. The Hall–Kier alpha value is -0.726. The van der Waals surface area contributed by atoms with E-state index in [1.807, 2.05) is 0 Å². The van der Waals surface area contributed by atoms with E-state index in [1.165, 1.54) is 14.7 Å². The third-order valence-electron chi connectivity index (χ3n) is 4.93. The molecule has 0 atom stereocenters. The van der Waals surface area contributed by atoms with Crippen LogP contribution < -0.4 is 3.32 Å². The average molecular weight is 404 g/mol. The van der Waals surface area contributed by atoms with Crippen LogP contribution in [0.2, 0.25) is 26.1 Å². The summed E-state index contributed by atoms with van der Waals surface area (Å²) in [6.07, 6.45) is 7.65. The van der Waals surface area contributed by atoms with Gasteiger partial charge in [0.15, 0.2) is 0 Å². The summed E-state index contributed by atoms with van der Waals surface area (Å²) in [5, 5.41) is 14.3. The summed E-state index contributed by atoms with van der Waals surface area (Å²) < 4.78 is 8.48. The second-order valence-corrected chi connectivity index (χ2v) is 35.6. The molecule has 0 radical (unpaired) electrons. The van der Waals surface area contributed by atoms with E-state index >= 15 is 0 Å². The summed E-state index contributed by atoms with van der Waals surface area (Å²) >= 11 is -4.26. The molecule has 0 fully saturated rings. The van der Waals surface area contributed by atoms with Crippen molar-refractivity contribution in [3.05, 3.63) is 64.6 Å². The van der Waals surface area contributed by atoms with Gasteiger partial charge in [0.1, 0.15) is 0 Å². The van der Waals surface area contributed by atoms with E-state index in [1.54, 1.807) is 0 Å². The van der Waals surface area contributed by atoms with Gasteiger partial charge in [-0.2, -0.15) is 0 Å². The van der Waals surface area contributed by atoms with Gasteiger partial charge in [0, 0.05) is 0 Å². The monoisotopic (exact) mass is 403 g/mol. The Morgan fingerprint density at radius 1 is 0.833 bits per heavy atom. The number of rotatable bonds is 3. The molecule has 133 valence electrons. The normalized spacial score (nSPS) is 18.2. The van der Waals surface area contributed by atoms with Gasteiger partial charge in [0.05, 0.1) is 0 Å². The van der Waals surface area contributed by atoms with E-state index in [9.17, 15) is 0 Å². The van der Waals surface area contributed by atoms with Crippen molar-refractivity contribution >= 4 is 35.6 Å². The predicted molar refractivity (Wildman–Crippen MR) is 110 cm³/mol. The van der Waals surface area contributed by atoms with Crippen LogP contribution >= 0.6 is 24.8 Å². The van der Waals surface area contributed by atoms with Crippen LogP contribution in [-0.2, 0) is 13.1 Å². The van der Waals surface area contributed by atoms with E-state index in [0.29, 0.717) is 0 Å². The van der Waals surface area contributed by atoms with E-state index in [-0.39, 0.29) is 24.8 Å². The van der Waals surface area contributed by atoms with Gasteiger partial charge in [0.2, 0.25) is 0 Å². The third kappa shape index (κ3) is 3.91. The van der Waals surface area contributed by atoms with Gasteiger partial charge in [-0.05, 0) is 0 Å². The molecule has 0 spiro atoms. The van der Waals surface area contributed by atoms with Crippen LogP contribution in [0.1, 0.15) is 6.42 Å². The molecule has 2 aromatic rings. The summed E-state index contributed by atoms with van der Waals surface area (Å²) in [4.78, 5) is 0. The fourth-order valence-corrected chi connectivity index (χ4v) is 9.24. The zero-order chi connectivity index (χ0) is 16.2. The zero-order valence-electron chi connectivity index (χ0n) is 15.2. The Kier molecular flexibility index (Phi) is 4.57. The van der Waals surface area contributed by atoms with Gasteiger partial charge < -0.3 is 0 Å². The van der Waals surface area contributed by atoms with Crippen LogP contribution in [0.25, 0.3) is 10.8 Å². The molecule has 0 amide bonds. The number of hydrogen-bond acceptors (Lipinski definition) is 1. The summed E-state index contributed by atoms with van der Waals surface area (Å²) in [7, 11) is 0. The Balaban J connectivity index is 0.00000144. The second-order valence-electron chi connectivity index (χ2n) is 11.3. The van der Waals surface area contributed by atoms with Crippen molar-refractivity contribution in [3.8, 4) is 5.75 Å². The number of halogens is 2. The van der Waals surface area contributed by atoms with Crippen molar-refractivity contribution in [3.63, 3.8) is 0 Å². The fraction of sp³-hybridized carbons (Fsp3) is 0.300. The zero-order valence-corrected chi connectivity index (χ0v) is 18.4. The summed E-state index contributed by atoms with van der Waals surface area (Å²) in [5.41, 5.74) is 0. The first-order valence-corrected chi connectivity index (χ1v) is 17.4. The maximum absolute atomic E-state index is 7.03. The Bertz CT molecular complexity index is 846. The van der Waals surface area contributed by atoms with Crippen LogP contribution in [0.15, 0.2) is 64.6 Å². The number of benzene rings is 2. The molecule has 4 heteroatoms. The molecule has 2 aromatic carbocycles. The molecule has 0 aromatic heterocycles. The fourth-order valence-electron chi connectivity index (χ4n) is 3.40. The van der Waals surface area contributed by atoms with E-state index in [0.717, 1.165) is 12.2 Å². The third-order valence-corrected chi connectivity index (χ3v) is 13.0. The van der Waals surface area contributed by atoms with Gasteiger partial charge in [-0.15, -0.1) is 24.8 Å². The summed E-state index contributed by atoms with van der Waals surface area (Å²) in [5.74, 6) is 0.999. The van der Waals surface area contributed by atoms with Crippen LogP contribution in [0.3, 0.4) is 0 Å². The molecule has 0 heterocycles. The van der Waals surface area contributed by atoms with Crippen LogP contribution in [-0.4, -0.2) is 0 Å². The first-order chi connectivity index (χ1) is 9.90. The van der Waals surface area contributed by atoms with Crippen LogP contribution in [0.4, 0.5) is 0 Å². The van der Waals surface area contributed by atoms with Crippen LogP contribution in [0, 0.1) is 0 Å². The average Bonchev–Trinajstić information content (AvgIpc) is 2.93. The van der Waals surface area contributed by atoms with Crippen molar-refractivity contribution in [2.24, 2.45) is 0 Å². The molecular weight excluding hydrogens is 375 g/mol. The van der Waals surface area contributed by atoms with Gasteiger partial charge in [-0.3, -0.25) is 0 Å². The van der Waals surface area contributed by atoms with Gasteiger partial charge in [0.25, 0.3) is 0 Å². The molecule has 24 heavy (non-hydrogen) atoms. The predicted octanol–water partition coefficient (Wildman–Crippen LogP) is 7.82. The summed E-state index contributed by atoms with van der Waals surface area (Å²) in [6, 6.07) is 14.8. The van der Waals surface area contributed by atoms with Crippen molar-refractivity contribution in [2.45, 2.75) is 32.6 Å². The molecule has 0 saturated heterocycles. The summed E-state index contributed by atoms with van der Waals surface area (Å²) in [6.45, 7) is 0.